The Labute approximate surface area is 156 Å². The van der Waals surface area contributed by atoms with Gasteiger partial charge in [-0.3, -0.25) is 4.79 Å². The molecule has 2 aromatic carbocycles. The van der Waals surface area contributed by atoms with Gasteiger partial charge >= 0.3 is 0 Å². The van der Waals surface area contributed by atoms with E-state index in [1.54, 1.807) is 0 Å². The first-order valence-corrected chi connectivity index (χ1v) is 9.86. The molecule has 0 unspecified atom stereocenters. The maximum Gasteiger partial charge on any atom is 0.260 e. The largest absolute Gasteiger partial charge is 0.483 e. The van der Waals surface area contributed by atoms with Gasteiger partial charge in [-0.2, -0.15) is 0 Å². The maximum absolute atomic E-state index is 12.7. The van der Waals surface area contributed by atoms with Gasteiger partial charge in [0.15, 0.2) is 6.61 Å². The average molecular weight is 349 g/mol. The van der Waals surface area contributed by atoms with Crippen LogP contribution >= 0.6 is 0 Å². The minimum Gasteiger partial charge on any atom is -0.483 e. The molecule has 136 valence electrons. The zero-order valence-electron chi connectivity index (χ0n) is 15.3. The molecule has 0 aromatic heterocycles. The van der Waals surface area contributed by atoms with Crippen molar-refractivity contribution in [2.24, 2.45) is 11.8 Å². The number of nitrogens with zero attached hydrogens (tertiary/aromatic N) is 1. The first-order chi connectivity index (χ1) is 12.8. The molecule has 1 amide bonds. The summed E-state index contributed by atoms with van der Waals surface area (Å²) in [4.78, 5) is 14.7. The van der Waals surface area contributed by atoms with Crippen LogP contribution in [0.1, 0.15) is 32.1 Å². The molecular formula is C23H27NO2. The van der Waals surface area contributed by atoms with E-state index in [2.05, 4.69) is 12.1 Å². The van der Waals surface area contributed by atoms with E-state index >= 15 is 0 Å². The van der Waals surface area contributed by atoms with Crippen molar-refractivity contribution in [3.8, 4) is 16.9 Å². The van der Waals surface area contributed by atoms with Crippen LogP contribution < -0.4 is 4.74 Å². The predicted octanol–water partition coefficient (Wildman–Crippen LogP) is 4.77. The van der Waals surface area contributed by atoms with Gasteiger partial charge in [-0.25, -0.2) is 0 Å². The molecule has 0 N–H and O–H groups in total. The normalized spacial score (nSPS) is 22.5. The molecule has 26 heavy (non-hydrogen) atoms. The van der Waals surface area contributed by atoms with E-state index in [9.17, 15) is 4.79 Å². The van der Waals surface area contributed by atoms with Gasteiger partial charge in [0.1, 0.15) is 5.75 Å². The van der Waals surface area contributed by atoms with E-state index in [1.165, 1.54) is 25.7 Å². The first-order valence-electron chi connectivity index (χ1n) is 9.86. The predicted molar refractivity (Wildman–Crippen MR) is 104 cm³/mol. The molecule has 0 radical (unpaired) electrons. The van der Waals surface area contributed by atoms with Crippen molar-refractivity contribution in [3.05, 3.63) is 54.6 Å². The van der Waals surface area contributed by atoms with E-state index < -0.39 is 0 Å². The van der Waals surface area contributed by atoms with E-state index in [0.717, 1.165) is 42.3 Å². The van der Waals surface area contributed by atoms with Crippen molar-refractivity contribution in [2.45, 2.75) is 32.1 Å². The molecular weight excluding hydrogens is 322 g/mol. The highest BCUT2D eigenvalue weighted by atomic mass is 16.5. The molecule has 2 atom stereocenters. The smallest absolute Gasteiger partial charge is 0.260 e. The second-order valence-corrected chi connectivity index (χ2v) is 7.58. The fraction of sp³-hybridized carbons (Fsp3) is 0.435. The number of rotatable bonds is 4. The fourth-order valence-electron chi connectivity index (χ4n) is 4.51. The zero-order valence-corrected chi connectivity index (χ0v) is 15.3. The molecule has 1 aliphatic carbocycles. The lowest BCUT2D eigenvalue weighted by molar-refractivity contribution is -0.136. The third-order valence-electron chi connectivity index (χ3n) is 5.97. The molecule has 2 fully saturated rings. The topological polar surface area (TPSA) is 29.5 Å². The van der Waals surface area contributed by atoms with Crippen molar-refractivity contribution in [3.63, 3.8) is 0 Å². The molecule has 1 heterocycles. The molecule has 2 aromatic rings. The van der Waals surface area contributed by atoms with Gasteiger partial charge in [0, 0.05) is 18.7 Å². The van der Waals surface area contributed by atoms with Crippen LogP contribution in [0, 0.1) is 11.8 Å². The van der Waals surface area contributed by atoms with E-state index in [0.29, 0.717) is 5.92 Å². The number of carbonyl (C=O) groups is 1. The minimum atomic E-state index is 0.122. The Kier molecular flexibility index (Phi) is 5.24. The highest BCUT2D eigenvalue weighted by Gasteiger charge is 2.32. The standard InChI is InChI=1S/C23H27NO2/c25-23(24-15-14-18-8-4-5-11-20(18)16-24)17-26-22-13-7-6-12-21(22)19-9-2-1-3-10-19/h1-3,6-7,9-10,12-13,18,20H,4-5,8,11,14-17H2/t18-,20+/m0/s1. The number of amides is 1. The third kappa shape index (κ3) is 3.77. The van der Waals surface area contributed by atoms with Gasteiger partial charge in [-0.05, 0) is 36.3 Å². The highest BCUT2D eigenvalue weighted by Crippen LogP contribution is 2.36. The lowest BCUT2D eigenvalue weighted by Crippen LogP contribution is -2.46. The minimum absolute atomic E-state index is 0.122. The Morgan fingerprint density at radius 1 is 0.923 bits per heavy atom. The van der Waals surface area contributed by atoms with E-state index in [-0.39, 0.29) is 12.5 Å². The Bertz CT molecular complexity index is 743. The van der Waals surface area contributed by atoms with Crippen LogP contribution in [-0.4, -0.2) is 30.5 Å². The van der Waals surface area contributed by atoms with Gasteiger partial charge in [0.2, 0.25) is 0 Å². The molecule has 0 bridgehead atoms. The Hall–Kier alpha value is -2.29. The first kappa shape index (κ1) is 17.1. The molecule has 0 spiro atoms. The summed E-state index contributed by atoms with van der Waals surface area (Å²) in [6.07, 6.45) is 6.50. The quantitative estimate of drug-likeness (QED) is 0.796. The number of para-hydroxylation sites is 1. The number of likely N-dealkylation sites (tertiary alicyclic amines) is 1. The fourth-order valence-corrected chi connectivity index (χ4v) is 4.51. The van der Waals surface area contributed by atoms with Gasteiger partial charge in [0.05, 0.1) is 0 Å². The van der Waals surface area contributed by atoms with Crippen molar-refractivity contribution in [2.75, 3.05) is 19.7 Å². The second-order valence-electron chi connectivity index (χ2n) is 7.58. The van der Waals surface area contributed by atoms with E-state index in [4.69, 9.17) is 4.74 Å². The number of piperidine rings is 1. The Balaban J connectivity index is 1.39. The summed E-state index contributed by atoms with van der Waals surface area (Å²) in [6, 6.07) is 18.1. The van der Waals surface area contributed by atoms with Gasteiger partial charge < -0.3 is 9.64 Å². The lowest BCUT2D eigenvalue weighted by Gasteiger charge is -2.41. The molecule has 1 saturated heterocycles. The van der Waals surface area contributed by atoms with Crippen molar-refractivity contribution >= 4 is 5.91 Å². The zero-order chi connectivity index (χ0) is 17.8. The summed E-state index contributed by atoms with van der Waals surface area (Å²) in [5.74, 6) is 2.45. The summed E-state index contributed by atoms with van der Waals surface area (Å²) >= 11 is 0. The Morgan fingerprint density at radius 2 is 1.65 bits per heavy atom. The number of hydrogen-bond donors (Lipinski definition) is 0. The summed E-state index contributed by atoms with van der Waals surface area (Å²) in [5.41, 5.74) is 2.14. The summed E-state index contributed by atoms with van der Waals surface area (Å²) in [6.45, 7) is 1.94. The number of fused-ring (bicyclic) bond motifs is 1. The number of ether oxygens (including phenoxy) is 1. The monoisotopic (exact) mass is 349 g/mol. The van der Waals surface area contributed by atoms with Crippen LogP contribution in [0.3, 0.4) is 0 Å². The van der Waals surface area contributed by atoms with Crippen LogP contribution in [-0.2, 0) is 4.79 Å². The molecule has 1 saturated carbocycles. The molecule has 3 nitrogen and oxygen atoms in total. The van der Waals surface area contributed by atoms with Crippen molar-refractivity contribution in [1.82, 2.24) is 4.90 Å². The van der Waals surface area contributed by atoms with Gasteiger partial charge in [-0.15, -0.1) is 0 Å². The molecule has 2 aliphatic rings. The molecule has 4 rings (SSSR count). The number of carbonyl (C=O) groups excluding carboxylic acids is 1. The summed E-state index contributed by atoms with van der Waals surface area (Å²) in [5, 5.41) is 0. The van der Waals surface area contributed by atoms with Gasteiger partial charge in [0.25, 0.3) is 5.91 Å². The van der Waals surface area contributed by atoms with Crippen molar-refractivity contribution in [1.29, 1.82) is 0 Å². The second kappa shape index (κ2) is 7.94. The van der Waals surface area contributed by atoms with Gasteiger partial charge in [-0.1, -0.05) is 67.8 Å². The summed E-state index contributed by atoms with van der Waals surface area (Å²) < 4.78 is 5.95. The molecule has 3 heteroatoms. The number of hydrogen-bond acceptors (Lipinski definition) is 2. The van der Waals surface area contributed by atoms with Crippen LogP contribution in [0.25, 0.3) is 11.1 Å². The summed E-state index contributed by atoms with van der Waals surface area (Å²) in [7, 11) is 0. The Morgan fingerprint density at radius 3 is 2.50 bits per heavy atom. The molecule has 1 aliphatic heterocycles. The highest BCUT2D eigenvalue weighted by molar-refractivity contribution is 5.78. The van der Waals surface area contributed by atoms with Crippen LogP contribution in [0.2, 0.25) is 0 Å². The number of benzene rings is 2. The lowest BCUT2D eigenvalue weighted by atomic mass is 9.75. The maximum atomic E-state index is 12.7. The average Bonchev–Trinajstić information content (AvgIpc) is 2.72. The van der Waals surface area contributed by atoms with Crippen LogP contribution in [0.5, 0.6) is 5.75 Å². The SMILES string of the molecule is O=C(COc1ccccc1-c1ccccc1)N1CC[C@@H]2CCCC[C@@H]2C1. The van der Waals surface area contributed by atoms with E-state index in [1.807, 2.05) is 47.4 Å². The van der Waals surface area contributed by atoms with Crippen LogP contribution in [0.15, 0.2) is 54.6 Å². The van der Waals surface area contributed by atoms with Crippen LogP contribution in [0.4, 0.5) is 0 Å². The third-order valence-corrected chi connectivity index (χ3v) is 5.97. The van der Waals surface area contributed by atoms with Crippen molar-refractivity contribution < 1.29 is 9.53 Å².